The molecule has 1 heterocycles. The van der Waals surface area contributed by atoms with E-state index in [-0.39, 0.29) is 5.97 Å². The van der Waals surface area contributed by atoms with Gasteiger partial charge in [-0.05, 0) is 25.2 Å². The Morgan fingerprint density at radius 1 is 1.23 bits per heavy atom. The Morgan fingerprint density at radius 2 is 1.95 bits per heavy atom. The first-order valence-corrected chi connectivity index (χ1v) is 7.54. The van der Waals surface area contributed by atoms with Crippen molar-refractivity contribution in [2.24, 2.45) is 0 Å². The molecule has 22 heavy (non-hydrogen) atoms. The molecule has 122 valence electrons. The van der Waals surface area contributed by atoms with Gasteiger partial charge in [0.2, 0.25) is 0 Å². The number of nitrogens with one attached hydrogen (secondary N) is 1. The molecule has 0 aromatic heterocycles. The highest BCUT2D eigenvalue weighted by Crippen LogP contribution is 2.28. The summed E-state index contributed by atoms with van der Waals surface area (Å²) in [6.45, 7) is 5.35. The fraction of sp³-hybridized carbons (Fsp3) is 0.562. The van der Waals surface area contributed by atoms with E-state index in [9.17, 15) is 4.79 Å². The Morgan fingerprint density at radius 3 is 2.59 bits per heavy atom. The van der Waals surface area contributed by atoms with Crippen LogP contribution < -0.4 is 10.2 Å². The maximum absolute atomic E-state index is 11.7. The Bertz CT molecular complexity index is 499. The van der Waals surface area contributed by atoms with Crippen molar-refractivity contribution < 1.29 is 14.3 Å². The van der Waals surface area contributed by atoms with Crippen LogP contribution in [0.4, 0.5) is 11.4 Å². The van der Waals surface area contributed by atoms with Crippen molar-refractivity contribution in [2.45, 2.75) is 0 Å². The maximum atomic E-state index is 11.7. The minimum absolute atomic E-state index is 0.320. The molecular weight excluding hydrogens is 282 g/mol. The van der Waals surface area contributed by atoms with Crippen LogP contribution >= 0.6 is 0 Å². The number of methoxy groups -OCH3 is 2. The molecule has 1 aliphatic rings. The molecule has 0 saturated carbocycles. The minimum atomic E-state index is -0.320. The zero-order valence-corrected chi connectivity index (χ0v) is 13.6. The highest BCUT2D eigenvalue weighted by atomic mass is 16.5. The Kier molecular flexibility index (Phi) is 6.03. The third-order valence-electron chi connectivity index (χ3n) is 3.88. The molecular formula is C16H25N3O3. The lowest BCUT2D eigenvalue weighted by Crippen LogP contribution is -2.44. The molecule has 6 heteroatoms. The van der Waals surface area contributed by atoms with Gasteiger partial charge in [0.1, 0.15) is 0 Å². The number of nitrogens with zero attached hydrogens (tertiary/aromatic N) is 2. The number of rotatable bonds is 6. The Balaban J connectivity index is 2.20. The molecule has 1 aromatic carbocycles. The molecule has 1 aromatic rings. The lowest BCUT2D eigenvalue weighted by Gasteiger charge is -2.35. The van der Waals surface area contributed by atoms with Gasteiger partial charge in [0.05, 0.1) is 30.7 Å². The molecule has 0 spiro atoms. The molecule has 0 atom stereocenters. The van der Waals surface area contributed by atoms with Crippen LogP contribution in [0.5, 0.6) is 0 Å². The van der Waals surface area contributed by atoms with Gasteiger partial charge >= 0.3 is 5.97 Å². The number of hydrogen-bond donors (Lipinski definition) is 1. The zero-order valence-electron chi connectivity index (χ0n) is 13.6. The van der Waals surface area contributed by atoms with Crippen molar-refractivity contribution in [1.82, 2.24) is 4.90 Å². The van der Waals surface area contributed by atoms with Crippen LogP contribution in [0, 0.1) is 0 Å². The first kappa shape index (κ1) is 16.6. The molecule has 6 nitrogen and oxygen atoms in total. The third-order valence-corrected chi connectivity index (χ3v) is 3.88. The fourth-order valence-corrected chi connectivity index (χ4v) is 2.53. The normalized spacial score (nSPS) is 15.7. The van der Waals surface area contributed by atoms with Crippen LogP contribution in [0.25, 0.3) is 0 Å². The summed E-state index contributed by atoms with van der Waals surface area (Å²) in [5.41, 5.74) is 2.63. The summed E-state index contributed by atoms with van der Waals surface area (Å²) in [7, 11) is 5.21. The van der Waals surface area contributed by atoms with Gasteiger partial charge in [-0.25, -0.2) is 4.79 Å². The first-order valence-electron chi connectivity index (χ1n) is 7.54. The highest BCUT2D eigenvalue weighted by Gasteiger charge is 2.18. The van der Waals surface area contributed by atoms with Crippen molar-refractivity contribution >= 4 is 17.3 Å². The molecule has 1 fully saturated rings. The van der Waals surface area contributed by atoms with Gasteiger partial charge in [-0.15, -0.1) is 0 Å². The Hall–Kier alpha value is -1.79. The van der Waals surface area contributed by atoms with Crippen molar-refractivity contribution in [3.05, 3.63) is 23.8 Å². The van der Waals surface area contributed by atoms with Crippen LogP contribution in [0.15, 0.2) is 18.2 Å². The van der Waals surface area contributed by atoms with Gasteiger partial charge in [0.15, 0.2) is 0 Å². The average Bonchev–Trinajstić information content (AvgIpc) is 2.55. The summed E-state index contributed by atoms with van der Waals surface area (Å²) in [5, 5.41) is 3.35. The minimum Gasteiger partial charge on any atom is -0.465 e. The van der Waals surface area contributed by atoms with Crippen molar-refractivity contribution in [3.8, 4) is 0 Å². The predicted octanol–water partition coefficient (Wildman–Crippen LogP) is 1.28. The largest absolute Gasteiger partial charge is 0.465 e. The molecule has 1 aliphatic heterocycles. The standard InChI is InChI=1S/C16H25N3O3/c1-18-7-9-19(10-8-18)15-5-4-13(16(20)22-3)12-14(15)17-6-11-21-2/h4-5,12,17H,6-11H2,1-3H3. The topological polar surface area (TPSA) is 54.0 Å². The number of esters is 1. The molecule has 0 radical (unpaired) electrons. The van der Waals surface area contributed by atoms with E-state index in [2.05, 4.69) is 22.2 Å². The van der Waals surface area contributed by atoms with Gasteiger partial charge in [-0.1, -0.05) is 0 Å². The number of carbonyl (C=O) groups excluding carboxylic acids is 1. The summed E-state index contributed by atoms with van der Waals surface area (Å²) >= 11 is 0. The van der Waals surface area contributed by atoms with E-state index in [1.165, 1.54) is 7.11 Å². The average molecular weight is 307 g/mol. The zero-order chi connectivity index (χ0) is 15.9. The van der Waals surface area contributed by atoms with E-state index >= 15 is 0 Å². The summed E-state index contributed by atoms with van der Waals surface area (Å²) in [6.07, 6.45) is 0. The van der Waals surface area contributed by atoms with Crippen LogP contribution in [0.3, 0.4) is 0 Å². The SMILES string of the molecule is COCCNc1cc(C(=O)OC)ccc1N1CCN(C)CC1. The second-order valence-electron chi connectivity index (χ2n) is 5.43. The van der Waals surface area contributed by atoms with Crippen LogP contribution in [0.1, 0.15) is 10.4 Å². The number of likely N-dealkylation sites (N-methyl/N-ethyl adjacent to an activating group) is 1. The van der Waals surface area contributed by atoms with Gasteiger partial charge in [0, 0.05) is 39.8 Å². The van der Waals surface area contributed by atoms with Gasteiger partial charge < -0.3 is 24.6 Å². The number of piperazine rings is 1. The molecule has 0 unspecified atom stereocenters. The van der Waals surface area contributed by atoms with Crippen LogP contribution in [-0.2, 0) is 9.47 Å². The lowest BCUT2D eigenvalue weighted by molar-refractivity contribution is 0.0601. The number of benzene rings is 1. The number of anilines is 2. The second kappa shape index (κ2) is 8.00. The predicted molar refractivity (Wildman–Crippen MR) is 87.9 cm³/mol. The molecule has 0 aliphatic carbocycles. The molecule has 1 saturated heterocycles. The lowest BCUT2D eigenvalue weighted by atomic mass is 10.1. The maximum Gasteiger partial charge on any atom is 0.337 e. The van der Waals surface area contributed by atoms with Crippen molar-refractivity contribution in [3.63, 3.8) is 0 Å². The Labute approximate surface area is 132 Å². The summed E-state index contributed by atoms with van der Waals surface area (Å²) in [4.78, 5) is 16.4. The van der Waals surface area contributed by atoms with E-state index in [1.807, 2.05) is 18.2 Å². The van der Waals surface area contributed by atoms with E-state index in [0.29, 0.717) is 18.7 Å². The van der Waals surface area contributed by atoms with Crippen molar-refractivity contribution in [2.75, 3.05) is 70.8 Å². The van der Waals surface area contributed by atoms with E-state index in [4.69, 9.17) is 9.47 Å². The van der Waals surface area contributed by atoms with E-state index in [0.717, 1.165) is 37.6 Å². The van der Waals surface area contributed by atoms with E-state index in [1.54, 1.807) is 7.11 Å². The summed E-state index contributed by atoms with van der Waals surface area (Å²) in [6, 6.07) is 5.67. The first-order chi connectivity index (χ1) is 10.7. The molecule has 0 amide bonds. The number of ether oxygens (including phenoxy) is 2. The monoisotopic (exact) mass is 307 g/mol. The summed E-state index contributed by atoms with van der Waals surface area (Å²) in [5.74, 6) is -0.320. The van der Waals surface area contributed by atoms with Gasteiger partial charge in [-0.3, -0.25) is 0 Å². The van der Waals surface area contributed by atoms with Gasteiger partial charge in [-0.2, -0.15) is 0 Å². The fourth-order valence-electron chi connectivity index (χ4n) is 2.53. The third kappa shape index (κ3) is 4.11. The second-order valence-corrected chi connectivity index (χ2v) is 5.43. The van der Waals surface area contributed by atoms with E-state index < -0.39 is 0 Å². The van der Waals surface area contributed by atoms with Crippen LogP contribution in [-0.4, -0.2) is 71.5 Å². The molecule has 0 bridgehead atoms. The smallest absolute Gasteiger partial charge is 0.337 e. The molecule has 1 N–H and O–H groups in total. The highest BCUT2D eigenvalue weighted by molar-refractivity contribution is 5.92. The van der Waals surface area contributed by atoms with Crippen molar-refractivity contribution in [1.29, 1.82) is 0 Å². The number of hydrogen-bond acceptors (Lipinski definition) is 6. The quantitative estimate of drug-likeness (QED) is 0.631. The molecule has 2 rings (SSSR count). The van der Waals surface area contributed by atoms with Gasteiger partial charge in [0.25, 0.3) is 0 Å². The summed E-state index contributed by atoms with van der Waals surface area (Å²) < 4.78 is 9.89. The number of carbonyl (C=O) groups is 1. The van der Waals surface area contributed by atoms with Crippen LogP contribution in [0.2, 0.25) is 0 Å².